The first-order valence-electron chi connectivity index (χ1n) is 6.61. The zero-order valence-electron chi connectivity index (χ0n) is 11.9. The molecule has 0 aromatic carbocycles. The van der Waals surface area contributed by atoms with Gasteiger partial charge in [0.05, 0.1) is 13.4 Å². The summed E-state index contributed by atoms with van der Waals surface area (Å²) in [6, 6.07) is 0. The van der Waals surface area contributed by atoms with Gasteiger partial charge in [-0.1, -0.05) is 11.8 Å². The number of imidazole rings is 1. The smallest absolute Gasteiger partial charge is 0.337 e. The van der Waals surface area contributed by atoms with E-state index in [2.05, 4.69) is 24.7 Å². The van der Waals surface area contributed by atoms with Crippen LogP contribution in [0.15, 0.2) is 17.7 Å². The molecule has 0 aliphatic carbocycles. The maximum atomic E-state index is 11.6. The number of carbonyl (C=O) groups is 1. The third-order valence-corrected chi connectivity index (χ3v) is 4.57. The molecule has 5 atom stereocenters. The Bertz CT molecular complexity index is 712. The summed E-state index contributed by atoms with van der Waals surface area (Å²) in [6.45, 7) is 0. The molecule has 0 spiro atoms. The van der Waals surface area contributed by atoms with Crippen LogP contribution in [0.3, 0.4) is 0 Å². The van der Waals surface area contributed by atoms with Crippen molar-refractivity contribution in [3.63, 3.8) is 0 Å². The average Bonchev–Trinajstić information content (AvgIpc) is 3.04. The quantitative estimate of drug-likeness (QED) is 0.380. The molecule has 1 saturated heterocycles. The van der Waals surface area contributed by atoms with Crippen LogP contribution in [0.25, 0.3) is 11.2 Å². The van der Waals surface area contributed by atoms with Gasteiger partial charge in [-0.15, -0.1) is 0 Å². The molecule has 23 heavy (non-hydrogen) atoms. The highest BCUT2D eigenvalue weighted by molar-refractivity contribution is 8.00. The molecular formula is C12H14N4O6S. The number of hydrogen-bond acceptors (Lipinski definition) is 10. The molecule has 2 aromatic rings. The maximum Gasteiger partial charge on any atom is 0.337 e. The number of methoxy groups -OCH3 is 1. The molecule has 11 heteroatoms. The molecule has 0 bridgehead atoms. The number of fused-ring (bicyclic) bond motifs is 1. The molecule has 10 nitrogen and oxygen atoms in total. The molecule has 124 valence electrons. The summed E-state index contributed by atoms with van der Waals surface area (Å²) in [5, 5.41) is 30.3. The SMILES string of the molecule is COC(=O)[C@H]1O[C@@H](Sc2ncnc3nc[nH]c23)[C@@H](O)[C@@H](O)[C@@H]1O. The minimum atomic E-state index is -1.59. The molecule has 3 rings (SSSR count). The van der Waals surface area contributed by atoms with Crippen molar-refractivity contribution in [1.29, 1.82) is 0 Å². The van der Waals surface area contributed by atoms with E-state index in [1.165, 1.54) is 12.7 Å². The van der Waals surface area contributed by atoms with Crippen molar-refractivity contribution >= 4 is 28.9 Å². The van der Waals surface area contributed by atoms with Crippen LogP contribution in [-0.2, 0) is 14.3 Å². The molecule has 1 aliphatic rings. The number of hydrogen-bond donors (Lipinski definition) is 4. The summed E-state index contributed by atoms with van der Waals surface area (Å²) in [4.78, 5) is 26.5. The van der Waals surface area contributed by atoms with Gasteiger partial charge >= 0.3 is 5.97 Å². The highest BCUT2D eigenvalue weighted by Crippen LogP contribution is 2.34. The van der Waals surface area contributed by atoms with Gasteiger partial charge in [0.1, 0.15) is 40.6 Å². The number of thioether (sulfide) groups is 1. The van der Waals surface area contributed by atoms with Crippen LogP contribution in [0, 0.1) is 0 Å². The molecule has 2 aromatic heterocycles. The third kappa shape index (κ3) is 2.88. The van der Waals surface area contributed by atoms with Crippen LogP contribution in [0.4, 0.5) is 0 Å². The largest absolute Gasteiger partial charge is 0.467 e. The molecule has 3 heterocycles. The number of ether oxygens (including phenoxy) is 2. The second-order valence-electron chi connectivity index (χ2n) is 4.82. The fourth-order valence-electron chi connectivity index (χ4n) is 2.20. The highest BCUT2D eigenvalue weighted by Gasteiger charge is 2.47. The van der Waals surface area contributed by atoms with Gasteiger partial charge in [-0.3, -0.25) is 0 Å². The number of rotatable bonds is 3. The van der Waals surface area contributed by atoms with E-state index in [4.69, 9.17) is 4.74 Å². The van der Waals surface area contributed by atoms with Gasteiger partial charge in [-0.05, 0) is 0 Å². The van der Waals surface area contributed by atoms with Gasteiger partial charge in [0.15, 0.2) is 11.8 Å². The number of aromatic nitrogens is 4. The summed E-state index contributed by atoms with van der Waals surface area (Å²) in [5.74, 6) is -0.844. The van der Waals surface area contributed by atoms with E-state index in [1.807, 2.05) is 0 Å². The number of H-pyrrole nitrogens is 1. The normalized spacial score (nSPS) is 31.2. The minimum absolute atomic E-state index is 0.420. The van der Waals surface area contributed by atoms with E-state index in [9.17, 15) is 20.1 Å². The van der Waals surface area contributed by atoms with Gasteiger partial charge in [0.2, 0.25) is 0 Å². The second kappa shape index (κ2) is 6.37. The van der Waals surface area contributed by atoms with Crippen molar-refractivity contribution in [2.24, 2.45) is 0 Å². The molecule has 0 radical (unpaired) electrons. The monoisotopic (exact) mass is 342 g/mol. The molecule has 1 aliphatic heterocycles. The van der Waals surface area contributed by atoms with Gasteiger partial charge in [-0.2, -0.15) is 0 Å². The third-order valence-electron chi connectivity index (χ3n) is 3.42. The Morgan fingerprint density at radius 1 is 1.26 bits per heavy atom. The van der Waals surface area contributed by atoms with Gasteiger partial charge < -0.3 is 29.8 Å². The Hall–Kier alpha value is -1.79. The van der Waals surface area contributed by atoms with Crippen molar-refractivity contribution < 1.29 is 29.6 Å². The van der Waals surface area contributed by atoms with Crippen LogP contribution < -0.4 is 0 Å². The van der Waals surface area contributed by atoms with Crippen molar-refractivity contribution in [1.82, 2.24) is 19.9 Å². The highest BCUT2D eigenvalue weighted by atomic mass is 32.2. The second-order valence-corrected chi connectivity index (χ2v) is 5.90. The number of esters is 1. The van der Waals surface area contributed by atoms with Gasteiger partial charge in [0, 0.05) is 0 Å². The minimum Gasteiger partial charge on any atom is -0.467 e. The first-order valence-corrected chi connectivity index (χ1v) is 7.49. The lowest BCUT2D eigenvalue weighted by Crippen LogP contribution is -2.59. The molecule has 1 fully saturated rings. The molecule has 0 saturated carbocycles. The number of nitrogens with zero attached hydrogens (tertiary/aromatic N) is 3. The predicted molar refractivity (Wildman–Crippen MR) is 76.2 cm³/mol. The average molecular weight is 342 g/mol. The van der Waals surface area contributed by atoms with Gasteiger partial charge in [0.25, 0.3) is 0 Å². The number of aliphatic hydroxyl groups excluding tert-OH is 3. The topological polar surface area (TPSA) is 151 Å². The van der Waals surface area contributed by atoms with Gasteiger partial charge in [-0.25, -0.2) is 19.7 Å². The van der Waals surface area contributed by atoms with Crippen LogP contribution in [0.1, 0.15) is 0 Å². The lowest BCUT2D eigenvalue weighted by molar-refractivity contribution is -0.211. The Balaban J connectivity index is 1.86. The predicted octanol–water partition coefficient (Wildman–Crippen LogP) is -1.57. The van der Waals surface area contributed by atoms with E-state index in [0.29, 0.717) is 16.2 Å². The first kappa shape index (κ1) is 16.1. The standard InChI is InChI=1S/C12H14N4O6S/c1-21-11(20)8-6(18)5(17)7(19)12(22-8)23-10-4-9(14-2-13-4)15-3-16-10/h2-3,5-8,12,17-19H,1H3,(H,13,14,15,16)/t5-,6-,7-,8-,12-/m0/s1. The zero-order valence-corrected chi connectivity index (χ0v) is 12.7. The first-order chi connectivity index (χ1) is 11.0. The zero-order chi connectivity index (χ0) is 16.6. The van der Waals surface area contributed by atoms with Crippen LogP contribution in [0.5, 0.6) is 0 Å². The fraction of sp³-hybridized carbons (Fsp3) is 0.500. The van der Waals surface area contributed by atoms with E-state index < -0.39 is 35.8 Å². The summed E-state index contributed by atoms with van der Waals surface area (Å²) >= 11 is 0.971. The van der Waals surface area contributed by atoms with Crippen molar-refractivity contribution in [3.8, 4) is 0 Å². The molecule has 0 unspecified atom stereocenters. The number of carbonyl (C=O) groups excluding carboxylic acids is 1. The molecular weight excluding hydrogens is 328 g/mol. The summed E-state index contributed by atoms with van der Waals surface area (Å²) in [6.07, 6.45) is -3.25. The van der Waals surface area contributed by atoms with Crippen molar-refractivity contribution in [3.05, 3.63) is 12.7 Å². The Kier molecular flexibility index (Phi) is 4.46. The van der Waals surface area contributed by atoms with Crippen LogP contribution in [-0.4, -0.2) is 78.2 Å². The van der Waals surface area contributed by atoms with E-state index in [0.717, 1.165) is 18.9 Å². The van der Waals surface area contributed by atoms with Crippen LogP contribution in [0.2, 0.25) is 0 Å². The maximum absolute atomic E-state index is 11.6. The van der Waals surface area contributed by atoms with Crippen molar-refractivity contribution in [2.45, 2.75) is 34.9 Å². The lowest BCUT2D eigenvalue weighted by atomic mass is 10.00. The van der Waals surface area contributed by atoms with Crippen molar-refractivity contribution in [2.75, 3.05) is 7.11 Å². The Morgan fingerprint density at radius 2 is 2.04 bits per heavy atom. The molecule has 0 amide bonds. The number of nitrogens with one attached hydrogen (secondary N) is 1. The summed E-state index contributed by atoms with van der Waals surface area (Å²) in [5.41, 5.74) is -0.0830. The number of aromatic amines is 1. The lowest BCUT2D eigenvalue weighted by Gasteiger charge is -2.38. The van der Waals surface area contributed by atoms with E-state index in [-0.39, 0.29) is 0 Å². The summed E-state index contributed by atoms with van der Waals surface area (Å²) in [7, 11) is 1.14. The summed E-state index contributed by atoms with van der Waals surface area (Å²) < 4.78 is 9.93. The Morgan fingerprint density at radius 3 is 2.78 bits per heavy atom. The number of aliphatic hydroxyl groups is 3. The Labute approximate surface area is 133 Å². The van der Waals surface area contributed by atoms with E-state index in [1.54, 1.807) is 0 Å². The fourth-order valence-corrected chi connectivity index (χ4v) is 3.27. The van der Waals surface area contributed by atoms with E-state index >= 15 is 0 Å². The molecule has 4 N–H and O–H groups in total. The van der Waals surface area contributed by atoms with Crippen LogP contribution >= 0.6 is 11.8 Å².